The van der Waals surface area contributed by atoms with E-state index in [9.17, 15) is 4.79 Å². The van der Waals surface area contributed by atoms with Crippen LogP contribution in [0.25, 0.3) is 0 Å². The number of hydrogen-bond donors (Lipinski definition) is 1. The van der Waals surface area contributed by atoms with Crippen molar-refractivity contribution in [2.24, 2.45) is 7.05 Å². The Morgan fingerprint density at radius 3 is 2.94 bits per heavy atom. The maximum Gasteiger partial charge on any atom is 0.243 e. The van der Waals surface area contributed by atoms with Crippen LogP contribution in [0.4, 0.5) is 0 Å². The smallest absolute Gasteiger partial charge is 0.243 e. The Balaban J connectivity index is 2.44. The van der Waals surface area contributed by atoms with Gasteiger partial charge in [-0.05, 0) is 14.1 Å². The molecule has 6 heteroatoms. The highest BCUT2D eigenvalue weighted by atomic mass is 16.5. The maximum absolute atomic E-state index is 11.5. The van der Waals surface area contributed by atoms with Gasteiger partial charge in [-0.25, -0.2) is 0 Å². The lowest BCUT2D eigenvalue weighted by Crippen LogP contribution is -2.21. The van der Waals surface area contributed by atoms with Crippen LogP contribution in [0.5, 0.6) is 5.88 Å². The molecular formula is C12H20N4O2. The third-order valence-corrected chi connectivity index (χ3v) is 2.25. The van der Waals surface area contributed by atoms with Crippen molar-refractivity contribution in [2.45, 2.75) is 6.54 Å². The molecule has 0 aliphatic heterocycles. The first-order valence-corrected chi connectivity index (χ1v) is 5.68. The van der Waals surface area contributed by atoms with Crippen LogP contribution in [0.15, 0.2) is 18.3 Å². The summed E-state index contributed by atoms with van der Waals surface area (Å²) in [5, 5.41) is 6.89. The number of rotatable bonds is 6. The molecule has 0 fully saturated rings. The molecule has 1 aromatic heterocycles. The number of aromatic nitrogens is 2. The molecular weight excluding hydrogens is 232 g/mol. The second-order valence-corrected chi connectivity index (χ2v) is 4.22. The molecule has 0 aromatic carbocycles. The van der Waals surface area contributed by atoms with E-state index in [4.69, 9.17) is 4.74 Å². The van der Waals surface area contributed by atoms with Crippen molar-refractivity contribution in [3.8, 4) is 5.88 Å². The number of nitrogens with one attached hydrogen (secondary N) is 1. The van der Waals surface area contributed by atoms with Gasteiger partial charge in [0, 0.05) is 32.4 Å². The minimum atomic E-state index is -0.122. The van der Waals surface area contributed by atoms with E-state index in [0.717, 1.165) is 12.1 Å². The number of ether oxygens (including phenoxy) is 1. The van der Waals surface area contributed by atoms with Gasteiger partial charge in [0.2, 0.25) is 11.8 Å². The fourth-order valence-corrected chi connectivity index (χ4v) is 1.42. The van der Waals surface area contributed by atoms with Crippen LogP contribution in [0.3, 0.4) is 0 Å². The molecule has 0 saturated heterocycles. The first-order valence-electron chi connectivity index (χ1n) is 5.68. The number of likely N-dealkylation sites (N-methyl/N-ethyl adjacent to an activating group) is 1. The predicted octanol–water partition coefficient (Wildman–Crippen LogP) is 0.163. The van der Waals surface area contributed by atoms with Gasteiger partial charge in [-0.15, -0.1) is 5.10 Å². The molecule has 0 aliphatic rings. The Bertz CT molecular complexity index is 424. The maximum atomic E-state index is 11.5. The first-order chi connectivity index (χ1) is 8.52. The molecule has 0 saturated carbocycles. The van der Waals surface area contributed by atoms with Gasteiger partial charge < -0.3 is 15.0 Å². The molecule has 6 nitrogen and oxygen atoms in total. The third kappa shape index (κ3) is 4.58. The summed E-state index contributed by atoms with van der Waals surface area (Å²) in [6.45, 7) is 1.14. The van der Waals surface area contributed by atoms with Crippen LogP contribution >= 0.6 is 0 Å². The van der Waals surface area contributed by atoms with Crippen LogP contribution in [-0.4, -0.2) is 48.3 Å². The summed E-state index contributed by atoms with van der Waals surface area (Å²) in [7, 11) is 7.26. The topological polar surface area (TPSA) is 59.4 Å². The summed E-state index contributed by atoms with van der Waals surface area (Å²) in [6.07, 6.45) is 5.17. The van der Waals surface area contributed by atoms with Crippen LogP contribution in [0.1, 0.15) is 5.56 Å². The summed E-state index contributed by atoms with van der Waals surface area (Å²) in [4.78, 5) is 13.5. The summed E-state index contributed by atoms with van der Waals surface area (Å²) < 4.78 is 6.76. The lowest BCUT2D eigenvalue weighted by Gasteiger charge is -2.04. The molecule has 1 amide bonds. The molecule has 1 aromatic rings. The fraction of sp³-hybridized carbons (Fsp3) is 0.500. The van der Waals surface area contributed by atoms with Crippen molar-refractivity contribution in [1.82, 2.24) is 20.0 Å². The summed E-state index contributed by atoms with van der Waals surface area (Å²) in [6, 6.07) is 0. The Labute approximate surface area is 107 Å². The van der Waals surface area contributed by atoms with E-state index in [2.05, 4.69) is 10.4 Å². The minimum Gasteiger partial charge on any atom is -0.480 e. The fourth-order valence-electron chi connectivity index (χ4n) is 1.42. The number of aryl methyl sites for hydroxylation is 1. The van der Waals surface area contributed by atoms with Crippen LogP contribution in [0, 0.1) is 0 Å². The zero-order valence-corrected chi connectivity index (χ0v) is 11.3. The average molecular weight is 252 g/mol. The molecule has 0 aliphatic carbocycles. The van der Waals surface area contributed by atoms with E-state index in [1.54, 1.807) is 11.8 Å². The van der Waals surface area contributed by atoms with Crippen molar-refractivity contribution >= 4 is 5.91 Å². The minimum absolute atomic E-state index is 0.122. The first kappa shape index (κ1) is 14.2. The summed E-state index contributed by atoms with van der Waals surface area (Å²) in [5.74, 6) is 0.415. The monoisotopic (exact) mass is 252 g/mol. The molecule has 0 atom stereocenters. The van der Waals surface area contributed by atoms with Crippen LogP contribution < -0.4 is 10.1 Å². The third-order valence-electron chi connectivity index (χ3n) is 2.25. The van der Waals surface area contributed by atoms with E-state index < -0.39 is 0 Å². The van der Waals surface area contributed by atoms with Gasteiger partial charge in [-0.1, -0.05) is 6.08 Å². The van der Waals surface area contributed by atoms with Gasteiger partial charge in [0.25, 0.3) is 0 Å². The molecule has 0 bridgehead atoms. The second-order valence-electron chi connectivity index (χ2n) is 4.22. The number of carbonyl (C=O) groups excluding carboxylic acids is 1. The normalized spacial score (nSPS) is 11.2. The van der Waals surface area contributed by atoms with Crippen LogP contribution in [0.2, 0.25) is 0 Å². The quantitative estimate of drug-likeness (QED) is 0.733. The van der Waals surface area contributed by atoms with Gasteiger partial charge in [-0.2, -0.15) is 0 Å². The average Bonchev–Trinajstić information content (AvgIpc) is 2.66. The summed E-state index contributed by atoms with van der Waals surface area (Å²) in [5.41, 5.74) is 0.856. The van der Waals surface area contributed by atoms with Crippen molar-refractivity contribution in [1.29, 1.82) is 0 Å². The largest absolute Gasteiger partial charge is 0.480 e. The number of methoxy groups -OCH3 is 1. The Kier molecular flexibility index (Phi) is 5.38. The highest BCUT2D eigenvalue weighted by Crippen LogP contribution is 2.13. The van der Waals surface area contributed by atoms with E-state index >= 15 is 0 Å². The standard InChI is InChI=1S/C12H20N4O2/c1-15(2)7-5-6-11(17)13-8-10-9-16(3)14-12(10)18-4/h5-6,9H,7-8H2,1-4H3,(H,13,17)/b6-5+. The lowest BCUT2D eigenvalue weighted by atomic mass is 10.3. The lowest BCUT2D eigenvalue weighted by molar-refractivity contribution is -0.116. The van der Waals surface area contributed by atoms with Crippen molar-refractivity contribution in [3.63, 3.8) is 0 Å². The highest BCUT2D eigenvalue weighted by molar-refractivity contribution is 5.87. The highest BCUT2D eigenvalue weighted by Gasteiger charge is 2.07. The Hall–Kier alpha value is -1.82. The van der Waals surface area contributed by atoms with E-state index in [1.807, 2.05) is 38.3 Å². The molecule has 0 radical (unpaired) electrons. The molecule has 0 spiro atoms. The number of carbonyl (C=O) groups is 1. The van der Waals surface area contributed by atoms with E-state index in [0.29, 0.717) is 12.4 Å². The van der Waals surface area contributed by atoms with Crippen molar-refractivity contribution in [2.75, 3.05) is 27.7 Å². The zero-order valence-electron chi connectivity index (χ0n) is 11.3. The van der Waals surface area contributed by atoms with Gasteiger partial charge in [0.05, 0.1) is 12.7 Å². The number of hydrogen-bond acceptors (Lipinski definition) is 4. The number of nitrogens with zero attached hydrogens (tertiary/aromatic N) is 3. The van der Waals surface area contributed by atoms with Gasteiger partial charge >= 0.3 is 0 Å². The van der Waals surface area contributed by atoms with Gasteiger partial charge in [0.1, 0.15) is 0 Å². The molecule has 1 N–H and O–H groups in total. The van der Waals surface area contributed by atoms with Gasteiger partial charge in [-0.3, -0.25) is 9.48 Å². The van der Waals surface area contributed by atoms with Crippen molar-refractivity contribution in [3.05, 3.63) is 23.9 Å². The Morgan fingerprint density at radius 1 is 1.61 bits per heavy atom. The van der Waals surface area contributed by atoms with Crippen LogP contribution in [-0.2, 0) is 18.4 Å². The molecule has 100 valence electrons. The molecule has 0 unspecified atom stereocenters. The SMILES string of the molecule is COc1nn(C)cc1CNC(=O)/C=C/CN(C)C. The predicted molar refractivity (Wildman–Crippen MR) is 69.3 cm³/mol. The van der Waals surface area contributed by atoms with Gasteiger partial charge in [0.15, 0.2) is 0 Å². The molecule has 1 heterocycles. The summed E-state index contributed by atoms with van der Waals surface area (Å²) >= 11 is 0. The second kappa shape index (κ2) is 6.80. The van der Waals surface area contributed by atoms with E-state index in [-0.39, 0.29) is 5.91 Å². The molecule has 1 rings (SSSR count). The van der Waals surface area contributed by atoms with E-state index in [1.165, 1.54) is 6.08 Å². The molecule has 18 heavy (non-hydrogen) atoms. The zero-order chi connectivity index (χ0) is 13.5. The Morgan fingerprint density at radius 2 is 2.33 bits per heavy atom. The number of amides is 1. The van der Waals surface area contributed by atoms with Crippen molar-refractivity contribution < 1.29 is 9.53 Å².